The minimum absolute atomic E-state index is 0.0426. The quantitative estimate of drug-likeness (QED) is 0.520. The van der Waals surface area contributed by atoms with Crippen LogP contribution in [0.1, 0.15) is 0 Å². The van der Waals surface area contributed by atoms with Gasteiger partial charge in [-0.25, -0.2) is 4.57 Å². The van der Waals surface area contributed by atoms with Crippen molar-refractivity contribution in [3.8, 4) is 0 Å². The Balaban J connectivity index is 3.40. The van der Waals surface area contributed by atoms with Crippen molar-refractivity contribution in [2.75, 3.05) is 6.61 Å². The van der Waals surface area contributed by atoms with E-state index in [2.05, 4.69) is 26.6 Å². The molecule has 0 bridgehead atoms. The lowest BCUT2D eigenvalue weighted by molar-refractivity contribution is 0.339. The highest BCUT2D eigenvalue weighted by molar-refractivity contribution is 9.39. The molecule has 0 rings (SSSR count). The number of hydrogen-bond donors (Lipinski definition) is 0. The summed E-state index contributed by atoms with van der Waals surface area (Å²) >= 11 is 2.20. The SMILES string of the molecule is C=CCOP(=O)(F)Br. The number of hydrogen-bond acceptors (Lipinski definition) is 2. The Morgan fingerprint density at radius 3 is 2.62 bits per heavy atom. The van der Waals surface area contributed by atoms with E-state index in [4.69, 9.17) is 0 Å². The monoisotopic (exact) mass is 202 g/mol. The Kier molecular flexibility index (Phi) is 3.53. The van der Waals surface area contributed by atoms with Crippen LogP contribution >= 0.6 is 21.9 Å². The molecule has 48 valence electrons. The van der Waals surface area contributed by atoms with Crippen molar-refractivity contribution < 1.29 is 13.3 Å². The summed E-state index contributed by atoms with van der Waals surface area (Å²) in [7, 11) is 0. The zero-order valence-corrected chi connectivity index (χ0v) is 6.49. The molecule has 0 aromatic carbocycles. The average molecular weight is 203 g/mol. The van der Waals surface area contributed by atoms with Crippen molar-refractivity contribution in [1.82, 2.24) is 0 Å². The van der Waals surface area contributed by atoms with Crippen LogP contribution in [0.5, 0.6) is 0 Å². The maximum Gasteiger partial charge on any atom is 0.432 e. The van der Waals surface area contributed by atoms with Gasteiger partial charge < -0.3 is 0 Å². The minimum Gasteiger partial charge on any atom is -0.293 e. The lowest BCUT2D eigenvalue weighted by atomic mass is 10.7. The van der Waals surface area contributed by atoms with Crippen LogP contribution in [-0.4, -0.2) is 6.61 Å². The molecule has 1 atom stereocenters. The predicted octanol–water partition coefficient (Wildman–Crippen LogP) is 2.66. The van der Waals surface area contributed by atoms with Crippen molar-refractivity contribution in [3.63, 3.8) is 0 Å². The van der Waals surface area contributed by atoms with Crippen LogP contribution in [-0.2, 0) is 9.09 Å². The first-order valence-corrected chi connectivity index (χ1v) is 5.34. The van der Waals surface area contributed by atoms with E-state index in [-0.39, 0.29) is 6.61 Å². The fourth-order valence-corrected chi connectivity index (χ4v) is 0.773. The van der Waals surface area contributed by atoms with Crippen LogP contribution in [0.3, 0.4) is 0 Å². The summed E-state index contributed by atoms with van der Waals surface area (Å²) in [6.45, 7) is 3.19. The summed E-state index contributed by atoms with van der Waals surface area (Å²) in [5, 5.41) is 0. The van der Waals surface area contributed by atoms with Gasteiger partial charge in [-0.05, 0) is 0 Å². The Labute approximate surface area is 55.0 Å². The van der Waals surface area contributed by atoms with Gasteiger partial charge in [0.05, 0.1) is 22.1 Å². The third kappa shape index (κ3) is 6.34. The zero-order valence-electron chi connectivity index (χ0n) is 4.01. The molecule has 0 aliphatic carbocycles. The van der Waals surface area contributed by atoms with Gasteiger partial charge in [-0.1, -0.05) is 6.08 Å². The van der Waals surface area contributed by atoms with Crippen molar-refractivity contribution in [2.45, 2.75) is 0 Å². The zero-order chi connectivity index (χ0) is 6.62. The molecule has 1 unspecified atom stereocenters. The molecule has 0 heterocycles. The van der Waals surface area contributed by atoms with Crippen LogP contribution in [0.2, 0.25) is 0 Å². The van der Waals surface area contributed by atoms with Crippen LogP contribution < -0.4 is 0 Å². The molecule has 0 fully saturated rings. The molecule has 0 aromatic heterocycles. The molecule has 2 nitrogen and oxygen atoms in total. The van der Waals surface area contributed by atoms with Gasteiger partial charge in [-0.15, -0.1) is 10.8 Å². The number of halogens is 2. The smallest absolute Gasteiger partial charge is 0.293 e. The largest absolute Gasteiger partial charge is 0.432 e. The van der Waals surface area contributed by atoms with Crippen LogP contribution in [0, 0.1) is 0 Å². The molecule has 0 aromatic rings. The van der Waals surface area contributed by atoms with E-state index in [1.165, 1.54) is 6.08 Å². The van der Waals surface area contributed by atoms with Gasteiger partial charge in [0, 0.05) is 0 Å². The third-order valence-corrected chi connectivity index (χ3v) is 1.41. The highest BCUT2D eigenvalue weighted by atomic mass is 79.9. The summed E-state index contributed by atoms with van der Waals surface area (Å²) in [5.41, 5.74) is 0. The Bertz CT molecular complexity index is 120. The molecule has 0 N–H and O–H groups in total. The highest BCUT2D eigenvalue weighted by Gasteiger charge is 2.13. The van der Waals surface area contributed by atoms with Gasteiger partial charge in [0.25, 0.3) is 0 Å². The van der Waals surface area contributed by atoms with Crippen LogP contribution in [0.15, 0.2) is 12.7 Å². The fraction of sp³-hybridized carbons (Fsp3) is 0.333. The third-order valence-electron chi connectivity index (χ3n) is 0.343. The Hall–Kier alpha value is 0.340. The minimum atomic E-state index is -3.94. The predicted molar refractivity (Wildman–Crippen MR) is 33.8 cm³/mol. The summed E-state index contributed by atoms with van der Waals surface area (Å²) in [4.78, 5) is 0. The summed E-state index contributed by atoms with van der Waals surface area (Å²) in [6, 6.07) is 0. The van der Waals surface area contributed by atoms with E-state index in [9.17, 15) is 8.76 Å². The highest BCUT2D eigenvalue weighted by Crippen LogP contribution is 2.56. The fourth-order valence-electron chi connectivity index (χ4n) is 0.139. The first-order chi connectivity index (χ1) is 3.56. The van der Waals surface area contributed by atoms with Gasteiger partial charge in [-0.2, -0.15) is 0 Å². The average Bonchev–Trinajstić information content (AvgIpc) is 1.59. The molecule has 0 radical (unpaired) electrons. The lowest BCUT2D eigenvalue weighted by Crippen LogP contribution is -1.77. The van der Waals surface area contributed by atoms with Crippen LogP contribution in [0.4, 0.5) is 4.20 Å². The maximum atomic E-state index is 11.8. The van der Waals surface area contributed by atoms with E-state index in [1.54, 1.807) is 0 Å². The molecule has 0 saturated carbocycles. The van der Waals surface area contributed by atoms with Gasteiger partial charge in [0.15, 0.2) is 0 Å². The van der Waals surface area contributed by atoms with Gasteiger partial charge in [0.1, 0.15) is 0 Å². The first-order valence-electron chi connectivity index (χ1n) is 1.81. The Morgan fingerprint density at radius 2 is 2.50 bits per heavy atom. The molecule has 0 spiro atoms. The molecule has 0 aliphatic rings. The molecular weight excluding hydrogens is 198 g/mol. The van der Waals surface area contributed by atoms with E-state index < -0.39 is 6.38 Å². The second-order valence-corrected chi connectivity index (χ2v) is 4.63. The molecular formula is C3H5BrFO2P. The summed E-state index contributed by atoms with van der Waals surface area (Å²) in [5.74, 6) is 0. The molecule has 0 aliphatic heterocycles. The van der Waals surface area contributed by atoms with Gasteiger partial charge >= 0.3 is 6.38 Å². The Morgan fingerprint density at radius 1 is 2.00 bits per heavy atom. The van der Waals surface area contributed by atoms with Crippen molar-refractivity contribution in [3.05, 3.63) is 12.7 Å². The van der Waals surface area contributed by atoms with E-state index >= 15 is 0 Å². The van der Waals surface area contributed by atoms with Gasteiger partial charge in [-0.3, -0.25) is 4.52 Å². The van der Waals surface area contributed by atoms with Crippen LogP contribution in [0.25, 0.3) is 0 Å². The number of rotatable bonds is 3. The van der Waals surface area contributed by atoms with Crippen molar-refractivity contribution in [1.29, 1.82) is 0 Å². The van der Waals surface area contributed by atoms with E-state index in [0.717, 1.165) is 0 Å². The summed E-state index contributed by atoms with van der Waals surface area (Å²) < 4.78 is 25.8. The molecule has 0 amide bonds. The van der Waals surface area contributed by atoms with Crippen molar-refractivity contribution >= 4 is 21.9 Å². The van der Waals surface area contributed by atoms with Crippen molar-refractivity contribution in [2.24, 2.45) is 0 Å². The van der Waals surface area contributed by atoms with E-state index in [0.29, 0.717) is 0 Å². The second kappa shape index (κ2) is 3.38. The van der Waals surface area contributed by atoms with E-state index in [1.807, 2.05) is 0 Å². The second-order valence-electron chi connectivity index (χ2n) is 0.999. The molecule has 5 heteroatoms. The maximum absolute atomic E-state index is 11.8. The first kappa shape index (κ1) is 8.34. The molecule has 8 heavy (non-hydrogen) atoms. The molecule has 0 saturated heterocycles. The topological polar surface area (TPSA) is 26.3 Å². The summed E-state index contributed by atoms with van der Waals surface area (Å²) in [6.07, 6.45) is -2.63. The standard InChI is InChI=1S/C3H5BrFO2P/c1-2-3-7-8(4,5)6/h2H,1,3H2. The lowest BCUT2D eigenvalue weighted by Gasteiger charge is -1.95. The normalized spacial score (nSPS) is 17.2. The van der Waals surface area contributed by atoms with Gasteiger partial charge in [0.2, 0.25) is 0 Å².